The number of nitrogens with one attached hydrogen (secondary N) is 11. The van der Waals surface area contributed by atoms with E-state index in [0.717, 1.165) is 11.8 Å². The molecule has 0 bridgehead atoms. The topological polar surface area (TPSA) is 695 Å². The SMILES string of the molecule is CC[C@H](C)[C@H](N)C(=O)N[C@@H](CC(=O)O)C(=O)N[C@@H](C)C(=O)N[C@@H](Cc1ccc(O)cc1)C(=O)N[C@@H](CCCCN)C(=O)N[C@H](C(=O)N[C@@H](Cc1ccccc1)C(=O)N1CCC[C@H]1C(=O)N1CCC[C@H]1C(=O)N[C@H](C(=O)N[C@@H](CCC(=O)O)C(=O)N1CCC[C@H]1C(=O)N[C@@H](CCCCN)C(=O)N[C@@H](CCCCN)C(=O)N[C@@H](CC(=O)O)C(=O)O)[C@@H](C)O)[C@@H](C)O. The van der Waals surface area contributed by atoms with Gasteiger partial charge in [0.25, 0.3) is 0 Å². The molecule has 3 aliphatic heterocycles. The Labute approximate surface area is 717 Å². The minimum absolute atomic E-state index is 0.000903. The first kappa shape index (κ1) is 103. The molecule has 5 rings (SSSR count). The number of carboxylic acids is 4. The van der Waals surface area contributed by atoms with Crippen molar-refractivity contribution in [1.82, 2.24) is 73.2 Å². The molecule has 2 aromatic rings. The molecule has 124 heavy (non-hydrogen) atoms. The van der Waals surface area contributed by atoms with Crippen LogP contribution in [0.25, 0.3) is 0 Å². The van der Waals surface area contributed by atoms with Crippen LogP contribution in [0.4, 0.5) is 0 Å². The number of carboxylic acid groups (broad SMARTS) is 4. The smallest absolute Gasteiger partial charge is 0.326 e. The highest BCUT2D eigenvalue weighted by molar-refractivity contribution is 6.02. The molecule has 0 aliphatic carbocycles. The van der Waals surface area contributed by atoms with Crippen LogP contribution in [0, 0.1) is 5.92 Å². The summed E-state index contributed by atoms with van der Waals surface area (Å²) in [4.78, 5) is 251. The van der Waals surface area contributed by atoms with Crippen LogP contribution in [0.2, 0.25) is 0 Å². The van der Waals surface area contributed by atoms with Crippen LogP contribution in [0.1, 0.15) is 174 Å². The fourth-order valence-corrected chi connectivity index (χ4v) is 14.6. The summed E-state index contributed by atoms with van der Waals surface area (Å²) >= 11 is 0. The van der Waals surface area contributed by atoms with E-state index in [-0.39, 0.29) is 141 Å². The van der Waals surface area contributed by atoms with Gasteiger partial charge in [0.15, 0.2) is 0 Å². The summed E-state index contributed by atoms with van der Waals surface area (Å²) < 4.78 is 0. The molecule has 0 aromatic heterocycles. The molecule has 43 heteroatoms. The van der Waals surface area contributed by atoms with Gasteiger partial charge in [0.05, 0.1) is 31.1 Å². The number of likely N-dealkylation sites (tertiary alicyclic amines) is 3. The molecule has 2 aromatic carbocycles. The Morgan fingerprint density at radius 1 is 0.403 bits per heavy atom. The fraction of sp³-hybridized carbons (Fsp3) is 0.630. The van der Waals surface area contributed by atoms with Gasteiger partial charge in [0.2, 0.25) is 82.7 Å². The fourth-order valence-electron chi connectivity index (χ4n) is 14.6. The number of aromatic hydroxyl groups is 1. The van der Waals surface area contributed by atoms with E-state index in [2.05, 4.69) is 58.5 Å². The Morgan fingerprint density at radius 3 is 1.30 bits per heavy atom. The summed E-state index contributed by atoms with van der Waals surface area (Å²) in [5, 5.41) is 98.1. The van der Waals surface area contributed by atoms with Crippen molar-refractivity contribution in [3.05, 3.63) is 65.7 Å². The third kappa shape index (κ3) is 32.3. The number of nitrogens with two attached hydrogens (primary N) is 4. The first-order valence-electron chi connectivity index (χ1n) is 41.9. The molecule has 3 saturated heterocycles. The third-order valence-corrected chi connectivity index (χ3v) is 21.8. The number of carbonyl (C=O) groups is 18. The predicted molar refractivity (Wildman–Crippen MR) is 442 cm³/mol. The number of hydrogen-bond acceptors (Lipinski definition) is 25. The highest BCUT2D eigenvalue weighted by Crippen LogP contribution is 2.28. The number of unbranched alkanes of at least 4 members (excludes halogenated alkanes) is 3. The highest BCUT2D eigenvalue weighted by Gasteiger charge is 2.47. The quantitative estimate of drug-likeness (QED) is 0.0276. The summed E-state index contributed by atoms with van der Waals surface area (Å²) in [6.07, 6.45) is -4.57. The van der Waals surface area contributed by atoms with Crippen molar-refractivity contribution < 1.29 is 122 Å². The monoisotopic (exact) mass is 1750 g/mol. The lowest BCUT2D eigenvalue weighted by Gasteiger charge is -2.34. The third-order valence-electron chi connectivity index (χ3n) is 21.8. The van der Waals surface area contributed by atoms with Crippen LogP contribution in [-0.4, -0.2) is 299 Å². The molecule has 43 nitrogen and oxygen atoms in total. The summed E-state index contributed by atoms with van der Waals surface area (Å²) in [5.74, 6) is -20.1. The Morgan fingerprint density at radius 2 is 0.798 bits per heavy atom. The van der Waals surface area contributed by atoms with E-state index in [1.54, 1.807) is 44.2 Å². The van der Waals surface area contributed by atoms with Gasteiger partial charge in [-0.2, -0.15) is 0 Å². The molecular weight excluding hydrogens is 1620 g/mol. The minimum atomic E-state index is -1.89. The van der Waals surface area contributed by atoms with Gasteiger partial charge in [0, 0.05) is 38.9 Å². The van der Waals surface area contributed by atoms with Gasteiger partial charge in [-0.05, 0) is 172 Å². The summed E-state index contributed by atoms with van der Waals surface area (Å²) in [5.41, 5.74) is 24.1. The number of aliphatic hydroxyl groups excluding tert-OH is 2. The average Bonchev–Trinajstić information content (AvgIpc) is 1.64. The average molecular weight is 1750 g/mol. The van der Waals surface area contributed by atoms with Crippen molar-refractivity contribution in [2.45, 2.75) is 279 Å². The Hall–Kier alpha value is -11.5. The number of benzene rings is 2. The molecule has 688 valence electrons. The maximum absolute atomic E-state index is 15.2. The van der Waals surface area contributed by atoms with Crippen molar-refractivity contribution in [1.29, 1.82) is 0 Å². The van der Waals surface area contributed by atoms with Crippen molar-refractivity contribution in [2.75, 3.05) is 39.3 Å². The van der Waals surface area contributed by atoms with Gasteiger partial charge in [-0.1, -0.05) is 62.7 Å². The number of amides is 14. The molecule has 18 atom stereocenters. The number of rotatable bonds is 53. The molecule has 14 amide bonds. The van der Waals surface area contributed by atoms with Crippen LogP contribution in [0.5, 0.6) is 5.75 Å². The van der Waals surface area contributed by atoms with Gasteiger partial charge in [-0.25, -0.2) is 4.79 Å². The molecule has 3 fully saturated rings. The van der Waals surface area contributed by atoms with Crippen molar-refractivity contribution in [3.8, 4) is 5.75 Å². The Balaban J connectivity index is 1.34. The lowest BCUT2D eigenvalue weighted by atomic mass is 9.99. The van der Waals surface area contributed by atoms with Crippen LogP contribution in [-0.2, 0) is 99.1 Å². The van der Waals surface area contributed by atoms with Crippen molar-refractivity contribution in [2.24, 2.45) is 28.9 Å². The van der Waals surface area contributed by atoms with Crippen LogP contribution < -0.4 is 81.4 Å². The lowest BCUT2D eigenvalue weighted by molar-refractivity contribution is -0.148. The van der Waals surface area contributed by atoms with E-state index in [0.29, 0.717) is 36.8 Å². The Kier molecular flexibility index (Phi) is 42.8. The Bertz CT molecular complexity index is 4010. The van der Waals surface area contributed by atoms with E-state index in [9.17, 15) is 112 Å². The normalized spacial score (nSPS) is 18.6. The largest absolute Gasteiger partial charge is 0.508 e. The van der Waals surface area contributed by atoms with E-state index in [4.69, 9.17) is 22.9 Å². The van der Waals surface area contributed by atoms with Gasteiger partial charge in [-0.15, -0.1) is 0 Å². The molecule has 3 aliphatic rings. The van der Waals surface area contributed by atoms with Crippen LogP contribution in [0.3, 0.4) is 0 Å². The lowest BCUT2D eigenvalue weighted by Crippen LogP contribution is -2.62. The zero-order chi connectivity index (χ0) is 92.2. The maximum atomic E-state index is 15.2. The maximum Gasteiger partial charge on any atom is 0.326 e. The second-order valence-electron chi connectivity index (χ2n) is 31.5. The second-order valence-corrected chi connectivity index (χ2v) is 31.5. The number of hydrogen-bond donors (Lipinski definition) is 22. The van der Waals surface area contributed by atoms with Crippen molar-refractivity contribution in [3.63, 3.8) is 0 Å². The van der Waals surface area contributed by atoms with E-state index in [1.807, 2.05) is 0 Å². The summed E-state index contributed by atoms with van der Waals surface area (Å²) in [7, 11) is 0. The number of nitrogens with zero attached hydrogens (tertiary/aromatic N) is 3. The first-order chi connectivity index (χ1) is 58.7. The molecule has 0 spiro atoms. The second kappa shape index (κ2) is 51.5. The zero-order valence-corrected chi connectivity index (χ0v) is 70.5. The van der Waals surface area contributed by atoms with Gasteiger partial charge in [0.1, 0.15) is 90.3 Å². The van der Waals surface area contributed by atoms with Crippen molar-refractivity contribution >= 4 is 107 Å². The number of aliphatic hydroxyl groups is 2. The standard InChI is InChI=1S/C81H124N18O25/c1-6-43(2)64(85)75(117)92-55(41-62(105)106)71(113)86-44(3)67(109)91-54(39-48-27-29-49(102)30-28-48)72(114)88-52(23-12-15-35-84)70(112)95-65(45(4)100)77(119)93-56(40-47-19-8-7-9-20-47)79(121)99-38-18-26-60(99)80(122)98-37-17-25-59(98)74(116)96-66(46(5)101)76(118)90-53(31-32-61(103)104)78(120)97-36-16-24-58(97)73(115)89-51(22-11-14-34-83)68(110)87-50(21-10-13-33-82)69(111)94-57(81(123)124)42-63(107)108/h7-9,19-20,27-30,43-46,50-60,64-66,100-102H,6,10-18,21-26,31-42,82-85H2,1-5H3,(H,86,113)(H,87,110)(H,88,114)(H,89,115)(H,90,118)(H,91,109)(H,92,117)(H,93,119)(H,94,111)(H,95,112)(H,96,116)(H,103,104)(H,105,106)(H,107,108)(H,123,124)/t43-,44-,45+,46+,50-,51-,52-,53-,54-,55-,56-,57-,58-,59-,60-,64-,65-,66-/m0/s1. The molecule has 0 unspecified atom stereocenters. The van der Waals surface area contributed by atoms with E-state index < -0.39 is 235 Å². The summed E-state index contributed by atoms with van der Waals surface area (Å²) in [6.45, 7) is 7.23. The molecule has 0 saturated carbocycles. The highest BCUT2D eigenvalue weighted by atomic mass is 16.4. The molecule has 0 radical (unpaired) electrons. The number of phenolic OH excluding ortho intramolecular Hbond substituents is 1. The molecule has 26 N–H and O–H groups in total. The minimum Gasteiger partial charge on any atom is -0.508 e. The number of aliphatic carboxylic acids is 4. The van der Waals surface area contributed by atoms with Gasteiger partial charge in [-0.3, -0.25) is 81.5 Å². The number of carbonyl (C=O) groups excluding carboxylic acids is 14. The first-order valence-corrected chi connectivity index (χ1v) is 41.9. The number of phenols is 1. The summed E-state index contributed by atoms with van der Waals surface area (Å²) in [6, 6.07) is -9.32. The molecule has 3 heterocycles. The predicted octanol–water partition coefficient (Wildman–Crippen LogP) is -5.08. The van der Waals surface area contributed by atoms with E-state index >= 15 is 9.59 Å². The van der Waals surface area contributed by atoms with Gasteiger partial charge >= 0.3 is 23.9 Å². The van der Waals surface area contributed by atoms with Crippen LogP contribution >= 0.6 is 0 Å². The van der Waals surface area contributed by atoms with Gasteiger partial charge < -0.3 is 132 Å². The zero-order valence-electron chi connectivity index (χ0n) is 70.5. The van der Waals surface area contributed by atoms with E-state index in [1.165, 1.54) is 47.9 Å². The van der Waals surface area contributed by atoms with Crippen LogP contribution in [0.15, 0.2) is 54.6 Å². The molecular formula is C81H124N18O25.